The molecule has 5 nitrogen and oxygen atoms in total. The van der Waals surface area contributed by atoms with Gasteiger partial charge in [-0.2, -0.15) is 8.78 Å². The topological polar surface area (TPSA) is 45.7 Å². The first-order chi connectivity index (χ1) is 13.4. The van der Waals surface area contributed by atoms with Crippen LogP contribution in [-0.4, -0.2) is 47.1 Å². The Labute approximate surface area is 160 Å². The standard InChI is InChI=1S/C20H20F3N3O2/c21-17-12-24-9-6-15(17)13-25-10-7-19(8-11-25)14-26(16-4-2-1-3-5-16)18(27)20(22,23)28-19/h1-6,9,12H,7-8,10-11,13-14H2. The molecule has 2 fully saturated rings. The smallest absolute Gasteiger partial charge is 0.304 e. The highest BCUT2D eigenvalue weighted by molar-refractivity contribution is 5.98. The molecular formula is C20H20F3N3O2. The van der Waals surface area contributed by atoms with Crippen LogP contribution in [-0.2, 0) is 16.1 Å². The molecule has 0 N–H and O–H groups in total. The molecule has 2 aliphatic rings. The summed E-state index contributed by atoms with van der Waals surface area (Å²) in [4.78, 5) is 19.0. The van der Waals surface area contributed by atoms with E-state index in [0.29, 0.717) is 43.7 Å². The van der Waals surface area contributed by atoms with E-state index in [2.05, 4.69) is 4.98 Å². The minimum Gasteiger partial charge on any atom is -0.304 e. The number of anilines is 1. The van der Waals surface area contributed by atoms with E-state index in [0.717, 1.165) is 11.1 Å². The average molecular weight is 391 g/mol. The second-order valence-electron chi connectivity index (χ2n) is 7.27. The number of aromatic nitrogens is 1. The molecule has 28 heavy (non-hydrogen) atoms. The molecule has 0 bridgehead atoms. The lowest BCUT2D eigenvalue weighted by molar-refractivity contribution is -0.293. The minimum absolute atomic E-state index is 0.0723. The molecule has 1 spiro atoms. The number of nitrogens with zero attached hydrogens (tertiary/aromatic N) is 3. The molecule has 1 aromatic heterocycles. The highest BCUT2D eigenvalue weighted by Gasteiger charge is 2.57. The number of ether oxygens (including phenoxy) is 1. The Balaban J connectivity index is 1.49. The van der Waals surface area contributed by atoms with Gasteiger partial charge in [0.15, 0.2) is 0 Å². The van der Waals surface area contributed by atoms with E-state index in [1.54, 1.807) is 36.4 Å². The number of rotatable bonds is 3. The van der Waals surface area contributed by atoms with Gasteiger partial charge in [0.2, 0.25) is 0 Å². The van der Waals surface area contributed by atoms with Crippen molar-refractivity contribution in [3.63, 3.8) is 0 Å². The van der Waals surface area contributed by atoms with Gasteiger partial charge in [0, 0.05) is 37.1 Å². The first kappa shape index (κ1) is 18.9. The maximum Gasteiger partial charge on any atom is 0.437 e. The van der Waals surface area contributed by atoms with Gasteiger partial charge in [-0.25, -0.2) is 4.39 Å². The molecule has 2 aromatic rings. The molecule has 1 amide bonds. The van der Waals surface area contributed by atoms with Crippen LogP contribution in [0.15, 0.2) is 48.8 Å². The van der Waals surface area contributed by atoms with Crippen LogP contribution in [0.5, 0.6) is 0 Å². The van der Waals surface area contributed by atoms with Crippen molar-refractivity contribution in [3.8, 4) is 0 Å². The maximum atomic E-state index is 14.4. The fourth-order valence-electron chi connectivity index (χ4n) is 3.83. The van der Waals surface area contributed by atoms with Gasteiger partial charge in [-0.3, -0.25) is 14.7 Å². The van der Waals surface area contributed by atoms with Gasteiger partial charge >= 0.3 is 12.0 Å². The highest BCUT2D eigenvalue weighted by atomic mass is 19.3. The number of amides is 1. The number of benzene rings is 1. The number of halogens is 3. The molecule has 148 valence electrons. The van der Waals surface area contributed by atoms with Crippen LogP contribution in [0.1, 0.15) is 18.4 Å². The van der Waals surface area contributed by atoms with Crippen molar-refractivity contribution in [2.45, 2.75) is 31.1 Å². The Bertz CT molecular complexity index is 855. The molecule has 3 heterocycles. The van der Waals surface area contributed by atoms with Crippen LogP contribution in [0.2, 0.25) is 0 Å². The Morgan fingerprint density at radius 1 is 1.11 bits per heavy atom. The summed E-state index contributed by atoms with van der Waals surface area (Å²) in [5.74, 6) is -1.73. The molecule has 0 aliphatic carbocycles. The van der Waals surface area contributed by atoms with Gasteiger partial charge in [-0.15, -0.1) is 0 Å². The van der Waals surface area contributed by atoms with Crippen molar-refractivity contribution in [2.24, 2.45) is 0 Å². The molecule has 0 saturated carbocycles. The second-order valence-corrected chi connectivity index (χ2v) is 7.27. The monoisotopic (exact) mass is 391 g/mol. The minimum atomic E-state index is -3.87. The summed E-state index contributed by atoms with van der Waals surface area (Å²) < 4.78 is 47.6. The Hall–Kier alpha value is -2.45. The fraction of sp³-hybridized carbons (Fsp3) is 0.400. The number of carbonyl (C=O) groups excluding carboxylic acids is 1. The average Bonchev–Trinajstić information content (AvgIpc) is 2.69. The quantitative estimate of drug-likeness (QED) is 0.806. The van der Waals surface area contributed by atoms with Crippen LogP contribution in [0.25, 0.3) is 0 Å². The summed E-state index contributed by atoms with van der Waals surface area (Å²) in [7, 11) is 0. The molecule has 1 aromatic carbocycles. The number of piperidine rings is 1. The van der Waals surface area contributed by atoms with Crippen molar-refractivity contribution in [1.29, 1.82) is 0 Å². The molecule has 0 unspecified atom stereocenters. The number of hydrogen-bond acceptors (Lipinski definition) is 4. The van der Waals surface area contributed by atoms with Crippen molar-refractivity contribution in [1.82, 2.24) is 9.88 Å². The normalized spacial score (nSPS) is 21.8. The Morgan fingerprint density at radius 3 is 2.50 bits per heavy atom. The summed E-state index contributed by atoms with van der Waals surface area (Å²) in [6.45, 7) is 1.38. The Kier molecular flexibility index (Phi) is 4.84. The summed E-state index contributed by atoms with van der Waals surface area (Å²) in [5.41, 5.74) is -0.182. The summed E-state index contributed by atoms with van der Waals surface area (Å²) in [6.07, 6.45) is -0.530. The predicted molar refractivity (Wildman–Crippen MR) is 96.3 cm³/mol. The highest BCUT2D eigenvalue weighted by Crippen LogP contribution is 2.40. The van der Waals surface area contributed by atoms with Gasteiger partial charge in [-0.05, 0) is 31.0 Å². The second kappa shape index (κ2) is 7.18. The third-order valence-electron chi connectivity index (χ3n) is 5.37. The molecule has 4 rings (SSSR count). The van der Waals surface area contributed by atoms with Crippen LogP contribution in [0.4, 0.5) is 18.9 Å². The zero-order chi connectivity index (χ0) is 19.8. The third kappa shape index (κ3) is 3.62. The Morgan fingerprint density at radius 2 is 1.82 bits per heavy atom. The van der Waals surface area contributed by atoms with Crippen LogP contribution in [0.3, 0.4) is 0 Å². The van der Waals surface area contributed by atoms with E-state index < -0.39 is 17.6 Å². The lowest BCUT2D eigenvalue weighted by Crippen LogP contribution is -2.64. The van der Waals surface area contributed by atoms with E-state index in [1.807, 2.05) is 4.90 Å². The number of carbonyl (C=O) groups is 1. The summed E-state index contributed by atoms with van der Waals surface area (Å²) >= 11 is 0. The maximum absolute atomic E-state index is 14.4. The van der Waals surface area contributed by atoms with E-state index in [9.17, 15) is 18.0 Å². The van der Waals surface area contributed by atoms with Crippen molar-refractivity contribution >= 4 is 11.6 Å². The summed E-state index contributed by atoms with van der Waals surface area (Å²) in [5, 5.41) is 0. The van der Waals surface area contributed by atoms with E-state index >= 15 is 0 Å². The molecular weight excluding hydrogens is 371 g/mol. The van der Waals surface area contributed by atoms with Crippen LogP contribution < -0.4 is 4.90 Å². The third-order valence-corrected chi connectivity index (χ3v) is 5.37. The van der Waals surface area contributed by atoms with Crippen molar-refractivity contribution in [3.05, 3.63) is 60.2 Å². The van der Waals surface area contributed by atoms with Crippen molar-refractivity contribution < 1.29 is 22.7 Å². The molecule has 0 atom stereocenters. The van der Waals surface area contributed by atoms with E-state index in [4.69, 9.17) is 4.74 Å². The molecule has 2 aliphatic heterocycles. The first-order valence-electron chi connectivity index (χ1n) is 9.14. The van der Waals surface area contributed by atoms with Gasteiger partial charge in [-0.1, -0.05) is 18.2 Å². The number of pyridine rings is 1. The largest absolute Gasteiger partial charge is 0.437 e. The zero-order valence-electron chi connectivity index (χ0n) is 15.2. The predicted octanol–water partition coefficient (Wildman–Crippen LogP) is 3.21. The lowest BCUT2D eigenvalue weighted by atomic mass is 9.88. The fourth-order valence-corrected chi connectivity index (χ4v) is 3.83. The number of morpholine rings is 1. The lowest BCUT2D eigenvalue weighted by Gasteiger charge is -2.48. The van der Waals surface area contributed by atoms with Crippen molar-refractivity contribution in [2.75, 3.05) is 24.5 Å². The van der Waals surface area contributed by atoms with Crippen LogP contribution in [0, 0.1) is 5.82 Å². The molecule has 8 heteroatoms. The van der Waals surface area contributed by atoms with Gasteiger partial charge in [0.05, 0.1) is 18.3 Å². The van der Waals surface area contributed by atoms with Gasteiger partial charge in [0.25, 0.3) is 0 Å². The number of para-hydroxylation sites is 1. The van der Waals surface area contributed by atoms with Crippen LogP contribution >= 0.6 is 0 Å². The molecule has 0 radical (unpaired) electrons. The van der Waals surface area contributed by atoms with E-state index in [1.165, 1.54) is 6.20 Å². The SMILES string of the molecule is O=C1N(c2ccccc2)CC2(CCN(Cc3ccncc3F)CC2)OC1(F)F. The molecule has 2 saturated heterocycles. The zero-order valence-corrected chi connectivity index (χ0v) is 15.2. The number of alkyl halides is 2. The van der Waals surface area contributed by atoms with Gasteiger partial charge < -0.3 is 9.64 Å². The first-order valence-corrected chi connectivity index (χ1v) is 9.14. The number of likely N-dealkylation sites (tertiary alicyclic amines) is 1. The van der Waals surface area contributed by atoms with Gasteiger partial charge in [0.1, 0.15) is 5.82 Å². The van der Waals surface area contributed by atoms with E-state index in [-0.39, 0.29) is 12.4 Å². The number of hydrogen-bond donors (Lipinski definition) is 0. The summed E-state index contributed by atoms with van der Waals surface area (Å²) in [6, 6.07) is 10.0.